The first-order chi connectivity index (χ1) is 15.4. The second kappa shape index (κ2) is 8.60. The Morgan fingerprint density at radius 1 is 1.28 bits per heavy atom. The Hall–Kier alpha value is -2.24. The van der Waals surface area contributed by atoms with Crippen molar-refractivity contribution < 1.29 is 19.4 Å². The lowest BCUT2D eigenvalue weighted by Crippen LogP contribution is -2.45. The number of hydrogen-bond donors (Lipinski definition) is 1. The standard InChI is InChI=1S/C26H30ClNO4/c1-17(25(29)30)14-28-11-9-26(10-12-28)16-32-24-13-19(7-8-22(24)26)31-15-21-20(18-5-6-18)3-2-4-23(21)27/h2-4,7-8,13,17-18H,5-6,9-12,14-16H2,1H3,(H,29,30). The molecule has 6 heteroatoms. The fourth-order valence-electron chi connectivity index (χ4n) is 5.15. The van der Waals surface area contributed by atoms with Crippen molar-refractivity contribution >= 4 is 17.6 Å². The first-order valence-electron chi connectivity index (χ1n) is 11.6. The van der Waals surface area contributed by atoms with Crippen LogP contribution in [0.1, 0.15) is 55.2 Å². The number of nitrogens with zero attached hydrogens (tertiary/aromatic N) is 1. The number of fused-ring (bicyclic) bond motifs is 2. The molecule has 5 rings (SSSR count). The van der Waals surface area contributed by atoms with Gasteiger partial charge in [0.25, 0.3) is 0 Å². The Morgan fingerprint density at radius 2 is 2.06 bits per heavy atom. The van der Waals surface area contributed by atoms with Crippen LogP contribution in [0.4, 0.5) is 0 Å². The van der Waals surface area contributed by atoms with E-state index in [0.29, 0.717) is 25.7 Å². The summed E-state index contributed by atoms with van der Waals surface area (Å²) >= 11 is 6.48. The molecule has 1 N–H and O–H groups in total. The van der Waals surface area contributed by atoms with E-state index in [-0.39, 0.29) is 11.3 Å². The number of aliphatic carboxylic acids is 1. The van der Waals surface area contributed by atoms with Crippen molar-refractivity contribution in [3.63, 3.8) is 0 Å². The summed E-state index contributed by atoms with van der Waals surface area (Å²) in [6, 6.07) is 12.3. The van der Waals surface area contributed by atoms with E-state index in [1.165, 1.54) is 24.0 Å². The van der Waals surface area contributed by atoms with E-state index < -0.39 is 5.97 Å². The Balaban J connectivity index is 1.25. The highest BCUT2D eigenvalue weighted by Crippen LogP contribution is 2.47. The van der Waals surface area contributed by atoms with Crippen LogP contribution in [0.25, 0.3) is 0 Å². The molecule has 2 aliphatic heterocycles. The molecule has 2 aromatic rings. The van der Waals surface area contributed by atoms with Gasteiger partial charge in [0.2, 0.25) is 0 Å². The molecule has 5 nitrogen and oxygen atoms in total. The molecule has 1 saturated heterocycles. The van der Waals surface area contributed by atoms with E-state index in [1.54, 1.807) is 6.92 Å². The van der Waals surface area contributed by atoms with Gasteiger partial charge in [-0.3, -0.25) is 4.79 Å². The third-order valence-corrected chi connectivity index (χ3v) is 7.70. The maximum atomic E-state index is 11.2. The van der Waals surface area contributed by atoms with Gasteiger partial charge in [-0.15, -0.1) is 0 Å². The van der Waals surface area contributed by atoms with Gasteiger partial charge in [0, 0.05) is 34.2 Å². The van der Waals surface area contributed by atoms with Gasteiger partial charge in [0.1, 0.15) is 18.1 Å². The van der Waals surface area contributed by atoms with Crippen LogP contribution in [0.3, 0.4) is 0 Å². The van der Waals surface area contributed by atoms with Gasteiger partial charge in [-0.25, -0.2) is 0 Å². The summed E-state index contributed by atoms with van der Waals surface area (Å²) in [6.07, 6.45) is 4.43. The van der Waals surface area contributed by atoms with Gasteiger partial charge in [0.05, 0.1) is 12.5 Å². The summed E-state index contributed by atoms with van der Waals surface area (Å²) in [7, 11) is 0. The average molecular weight is 456 g/mol. The molecule has 170 valence electrons. The summed E-state index contributed by atoms with van der Waals surface area (Å²) < 4.78 is 12.3. The predicted molar refractivity (Wildman–Crippen MR) is 124 cm³/mol. The van der Waals surface area contributed by atoms with Crippen LogP contribution in [-0.2, 0) is 16.8 Å². The SMILES string of the molecule is CC(CN1CCC2(CC1)COc1cc(OCc3c(Cl)cccc3C3CC3)ccc12)C(=O)O. The average Bonchev–Trinajstić information content (AvgIpc) is 3.58. The molecule has 1 spiro atoms. The van der Waals surface area contributed by atoms with Crippen molar-refractivity contribution in [2.45, 2.75) is 50.5 Å². The first kappa shape index (κ1) is 21.6. The fraction of sp³-hybridized carbons (Fsp3) is 0.500. The zero-order valence-electron chi connectivity index (χ0n) is 18.5. The van der Waals surface area contributed by atoms with E-state index >= 15 is 0 Å². The van der Waals surface area contributed by atoms with Crippen LogP contribution < -0.4 is 9.47 Å². The number of ether oxygens (including phenoxy) is 2. The van der Waals surface area contributed by atoms with Crippen LogP contribution in [0.5, 0.6) is 11.5 Å². The van der Waals surface area contributed by atoms with Gasteiger partial charge in [-0.05, 0) is 62.4 Å². The summed E-state index contributed by atoms with van der Waals surface area (Å²) in [5.41, 5.74) is 3.70. The van der Waals surface area contributed by atoms with Crippen LogP contribution in [0, 0.1) is 5.92 Å². The molecule has 0 bridgehead atoms. The van der Waals surface area contributed by atoms with Gasteiger partial charge in [0.15, 0.2) is 0 Å². The number of carbonyl (C=O) groups is 1. The maximum Gasteiger partial charge on any atom is 0.307 e. The minimum atomic E-state index is -0.728. The van der Waals surface area contributed by atoms with E-state index in [1.807, 2.05) is 24.3 Å². The predicted octanol–water partition coefficient (Wildman–Crippen LogP) is 5.24. The van der Waals surface area contributed by atoms with Gasteiger partial charge in [-0.2, -0.15) is 0 Å². The van der Waals surface area contributed by atoms with Crippen molar-refractivity contribution in [2.75, 3.05) is 26.2 Å². The van der Waals surface area contributed by atoms with E-state index in [2.05, 4.69) is 17.0 Å². The third-order valence-electron chi connectivity index (χ3n) is 7.35. The second-order valence-electron chi connectivity index (χ2n) is 9.64. The van der Waals surface area contributed by atoms with E-state index in [9.17, 15) is 9.90 Å². The number of rotatable bonds is 7. The fourth-order valence-corrected chi connectivity index (χ4v) is 5.38. The van der Waals surface area contributed by atoms with Crippen molar-refractivity contribution in [3.05, 3.63) is 58.1 Å². The maximum absolute atomic E-state index is 11.2. The lowest BCUT2D eigenvalue weighted by molar-refractivity contribution is -0.141. The molecule has 1 aliphatic carbocycles. The number of benzene rings is 2. The van der Waals surface area contributed by atoms with Crippen LogP contribution in [0.15, 0.2) is 36.4 Å². The molecule has 0 amide bonds. The van der Waals surface area contributed by atoms with Gasteiger partial charge in [-0.1, -0.05) is 36.7 Å². The zero-order valence-corrected chi connectivity index (χ0v) is 19.2. The molecule has 32 heavy (non-hydrogen) atoms. The zero-order chi connectivity index (χ0) is 22.3. The van der Waals surface area contributed by atoms with Gasteiger partial charge < -0.3 is 19.5 Å². The lowest BCUT2D eigenvalue weighted by Gasteiger charge is -2.39. The van der Waals surface area contributed by atoms with Crippen molar-refractivity contribution in [2.24, 2.45) is 5.92 Å². The van der Waals surface area contributed by atoms with Crippen molar-refractivity contribution in [1.29, 1.82) is 0 Å². The minimum Gasteiger partial charge on any atom is -0.492 e. The number of halogens is 1. The molecule has 2 heterocycles. The first-order valence-corrected chi connectivity index (χ1v) is 12.0. The monoisotopic (exact) mass is 455 g/mol. The molecule has 2 fully saturated rings. The smallest absolute Gasteiger partial charge is 0.307 e. The highest BCUT2D eigenvalue weighted by atomic mass is 35.5. The van der Waals surface area contributed by atoms with E-state index in [0.717, 1.165) is 48.0 Å². The Morgan fingerprint density at radius 3 is 2.78 bits per heavy atom. The molecule has 1 saturated carbocycles. The molecule has 2 aromatic carbocycles. The van der Waals surface area contributed by atoms with E-state index in [4.69, 9.17) is 21.1 Å². The summed E-state index contributed by atoms with van der Waals surface area (Å²) in [4.78, 5) is 13.4. The highest BCUT2D eigenvalue weighted by molar-refractivity contribution is 6.31. The van der Waals surface area contributed by atoms with Crippen LogP contribution in [0.2, 0.25) is 5.02 Å². The number of carboxylic acids is 1. The largest absolute Gasteiger partial charge is 0.492 e. The quantitative estimate of drug-likeness (QED) is 0.618. The Bertz CT molecular complexity index is 1010. The number of piperidine rings is 1. The summed E-state index contributed by atoms with van der Waals surface area (Å²) in [6.45, 7) is 5.33. The Kier molecular flexibility index (Phi) is 5.81. The lowest BCUT2D eigenvalue weighted by atomic mass is 9.74. The molecule has 1 atom stereocenters. The normalized spacial score (nSPS) is 20.6. The van der Waals surface area contributed by atoms with Crippen molar-refractivity contribution in [1.82, 2.24) is 4.90 Å². The minimum absolute atomic E-state index is 0.0265. The Labute approximate surface area is 194 Å². The summed E-state index contributed by atoms with van der Waals surface area (Å²) in [5.74, 6) is 1.27. The molecule has 3 aliphatic rings. The highest BCUT2D eigenvalue weighted by Gasteiger charge is 2.43. The third kappa shape index (κ3) is 4.20. The van der Waals surface area contributed by atoms with Gasteiger partial charge >= 0.3 is 5.97 Å². The molecule has 0 aromatic heterocycles. The molecular formula is C26H30ClNO4. The summed E-state index contributed by atoms with van der Waals surface area (Å²) in [5, 5.41) is 9.96. The van der Waals surface area contributed by atoms with Crippen LogP contribution >= 0.6 is 11.6 Å². The number of hydrogen-bond acceptors (Lipinski definition) is 4. The molecule has 1 unspecified atom stereocenters. The molecular weight excluding hydrogens is 426 g/mol. The van der Waals surface area contributed by atoms with Crippen molar-refractivity contribution in [3.8, 4) is 11.5 Å². The molecule has 0 radical (unpaired) electrons. The number of likely N-dealkylation sites (tertiary alicyclic amines) is 1. The van der Waals surface area contributed by atoms with Crippen LogP contribution in [-0.4, -0.2) is 42.2 Å². The number of carboxylic acid groups (broad SMARTS) is 1. The topological polar surface area (TPSA) is 59.0 Å². The second-order valence-corrected chi connectivity index (χ2v) is 10.0.